The van der Waals surface area contributed by atoms with Crippen LogP contribution in [0.4, 0.5) is 0 Å². The van der Waals surface area contributed by atoms with Crippen LogP contribution < -0.4 is 0 Å². The number of carboxylic acid groups (broad SMARTS) is 1. The molecule has 0 radical (unpaired) electrons. The molecule has 1 unspecified atom stereocenters. The SMILES string of the molecule is CCC(CC(=O)O)C12CC3CC(CC(C3)C1)C2. The molecule has 96 valence electrons. The maximum atomic E-state index is 11.1. The van der Waals surface area contributed by atoms with E-state index < -0.39 is 5.97 Å². The highest BCUT2D eigenvalue weighted by Gasteiger charge is 2.53. The lowest BCUT2D eigenvalue weighted by atomic mass is 9.46. The topological polar surface area (TPSA) is 37.3 Å². The van der Waals surface area contributed by atoms with Crippen molar-refractivity contribution >= 4 is 5.97 Å². The quantitative estimate of drug-likeness (QED) is 0.808. The zero-order valence-electron chi connectivity index (χ0n) is 10.8. The molecule has 2 nitrogen and oxygen atoms in total. The number of carbonyl (C=O) groups is 1. The fourth-order valence-corrected chi connectivity index (χ4v) is 5.68. The summed E-state index contributed by atoms with van der Waals surface area (Å²) in [6.07, 6.45) is 9.82. The third kappa shape index (κ3) is 1.90. The summed E-state index contributed by atoms with van der Waals surface area (Å²) in [6.45, 7) is 2.19. The van der Waals surface area contributed by atoms with E-state index in [1.54, 1.807) is 0 Å². The van der Waals surface area contributed by atoms with Gasteiger partial charge in [0.25, 0.3) is 0 Å². The second-order valence-corrected chi connectivity index (χ2v) is 6.98. The van der Waals surface area contributed by atoms with Crippen LogP contribution >= 0.6 is 0 Å². The summed E-state index contributed by atoms with van der Waals surface area (Å²) in [5.41, 5.74) is 0.419. The van der Waals surface area contributed by atoms with E-state index in [9.17, 15) is 4.79 Å². The molecule has 4 fully saturated rings. The highest BCUT2D eigenvalue weighted by atomic mass is 16.4. The van der Waals surface area contributed by atoms with Crippen LogP contribution in [0.15, 0.2) is 0 Å². The van der Waals surface area contributed by atoms with Gasteiger partial charge in [0.1, 0.15) is 0 Å². The number of rotatable bonds is 4. The van der Waals surface area contributed by atoms with E-state index in [-0.39, 0.29) is 0 Å². The van der Waals surface area contributed by atoms with Crippen LogP contribution in [-0.4, -0.2) is 11.1 Å². The Hall–Kier alpha value is -0.530. The number of hydrogen-bond donors (Lipinski definition) is 1. The lowest BCUT2D eigenvalue weighted by Gasteiger charge is -2.59. The highest BCUT2D eigenvalue weighted by molar-refractivity contribution is 5.67. The first-order valence-electron chi connectivity index (χ1n) is 7.33. The first-order chi connectivity index (χ1) is 8.11. The molecule has 4 saturated carbocycles. The lowest BCUT2D eigenvalue weighted by molar-refractivity contribution is -0.143. The second kappa shape index (κ2) is 4.00. The Labute approximate surface area is 104 Å². The van der Waals surface area contributed by atoms with Crippen molar-refractivity contribution in [2.75, 3.05) is 0 Å². The van der Waals surface area contributed by atoms with Gasteiger partial charge in [-0.3, -0.25) is 4.79 Å². The molecular weight excluding hydrogens is 212 g/mol. The van der Waals surface area contributed by atoms with Gasteiger partial charge in [0.2, 0.25) is 0 Å². The van der Waals surface area contributed by atoms with Gasteiger partial charge in [-0.25, -0.2) is 0 Å². The zero-order chi connectivity index (χ0) is 12.0. The summed E-state index contributed by atoms with van der Waals surface area (Å²) in [7, 11) is 0. The summed E-state index contributed by atoms with van der Waals surface area (Å²) >= 11 is 0. The van der Waals surface area contributed by atoms with Crippen molar-refractivity contribution in [1.82, 2.24) is 0 Å². The van der Waals surface area contributed by atoms with Crippen LogP contribution in [0.5, 0.6) is 0 Å². The molecule has 4 rings (SSSR count). The molecule has 4 bridgehead atoms. The van der Waals surface area contributed by atoms with Gasteiger partial charge in [0.05, 0.1) is 0 Å². The van der Waals surface area contributed by atoms with E-state index >= 15 is 0 Å². The van der Waals surface area contributed by atoms with E-state index in [0.29, 0.717) is 17.8 Å². The van der Waals surface area contributed by atoms with Gasteiger partial charge in [0, 0.05) is 6.42 Å². The normalized spacial score (nSPS) is 44.9. The molecule has 0 aromatic rings. The molecular formula is C15H24O2. The average Bonchev–Trinajstić information content (AvgIpc) is 2.23. The van der Waals surface area contributed by atoms with Crippen LogP contribution in [0, 0.1) is 29.1 Å². The Morgan fingerprint density at radius 1 is 1.18 bits per heavy atom. The van der Waals surface area contributed by atoms with Crippen molar-refractivity contribution in [3.8, 4) is 0 Å². The van der Waals surface area contributed by atoms with Gasteiger partial charge >= 0.3 is 5.97 Å². The molecule has 4 aliphatic rings. The van der Waals surface area contributed by atoms with Crippen LogP contribution in [0.25, 0.3) is 0 Å². The van der Waals surface area contributed by atoms with Crippen molar-refractivity contribution < 1.29 is 9.90 Å². The molecule has 17 heavy (non-hydrogen) atoms. The summed E-state index contributed by atoms with van der Waals surface area (Å²) in [5.74, 6) is 2.65. The Kier molecular flexibility index (Phi) is 2.72. The molecule has 4 aliphatic carbocycles. The molecule has 0 amide bonds. The van der Waals surface area contributed by atoms with Gasteiger partial charge in [-0.05, 0) is 67.6 Å². The fraction of sp³-hybridized carbons (Fsp3) is 0.933. The predicted molar refractivity (Wildman–Crippen MR) is 66.6 cm³/mol. The van der Waals surface area contributed by atoms with Gasteiger partial charge in [-0.2, -0.15) is 0 Å². The first-order valence-corrected chi connectivity index (χ1v) is 7.33. The van der Waals surface area contributed by atoms with Crippen molar-refractivity contribution in [2.45, 2.75) is 58.3 Å². The van der Waals surface area contributed by atoms with Crippen molar-refractivity contribution in [1.29, 1.82) is 0 Å². The Balaban J connectivity index is 1.82. The maximum Gasteiger partial charge on any atom is 0.303 e. The van der Waals surface area contributed by atoms with Crippen LogP contribution in [-0.2, 0) is 4.79 Å². The minimum Gasteiger partial charge on any atom is -0.481 e. The summed E-state index contributed by atoms with van der Waals surface area (Å²) < 4.78 is 0. The molecule has 0 heterocycles. The van der Waals surface area contributed by atoms with Gasteiger partial charge in [-0.1, -0.05) is 13.3 Å². The molecule has 0 aliphatic heterocycles. The molecule has 0 spiro atoms. The second-order valence-electron chi connectivity index (χ2n) is 6.98. The number of aliphatic carboxylic acids is 1. The third-order valence-electron chi connectivity index (χ3n) is 5.87. The third-order valence-corrected chi connectivity index (χ3v) is 5.87. The van der Waals surface area contributed by atoms with Crippen molar-refractivity contribution in [2.24, 2.45) is 29.1 Å². The molecule has 1 atom stereocenters. The summed E-state index contributed by atoms with van der Waals surface area (Å²) in [5, 5.41) is 9.12. The van der Waals surface area contributed by atoms with Gasteiger partial charge in [-0.15, -0.1) is 0 Å². The molecule has 0 saturated heterocycles. The van der Waals surface area contributed by atoms with Crippen LogP contribution in [0.2, 0.25) is 0 Å². The van der Waals surface area contributed by atoms with Gasteiger partial charge in [0.15, 0.2) is 0 Å². The highest BCUT2D eigenvalue weighted by Crippen LogP contribution is 2.63. The molecule has 2 heteroatoms. The lowest BCUT2D eigenvalue weighted by Crippen LogP contribution is -2.49. The smallest absolute Gasteiger partial charge is 0.303 e. The van der Waals surface area contributed by atoms with E-state index in [1.807, 2.05) is 0 Å². The number of hydrogen-bond acceptors (Lipinski definition) is 1. The zero-order valence-corrected chi connectivity index (χ0v) is 10.8. The molecule has 1 N–H and O–H groups in total. The summed E-state index contributed by atoms with van der Waals surface area (Å²) in [6, 6.07) is 0. The first kappa shape index (κ1) is 11.6. The fourth-order valence-electron chi connectivity index (χ4n) is 5.68. The van der Waals surface area contributed by atoms with Gasteiger partial charge < -0.3 is 5.11 Å². The van der Waals surface area contributed by atoms with E-state index in [4.69, 9.17) is 5.11 Å². The predicted octanol–water partition coefficient (Wildman–Crippen LogP) is 3.70. The minimum atomic E-state index is -0.590. The Morgan fingerprint density at radius 3 is 2.00 bits per heavy atom. The Bertz CT molecular complexity index is 286. The molecule has 0 aromatic heterocycles. The monoisotopic (exact) mass is 236 g/mol. The van der Waals surface area contributed by atoms with Crippen molar-refractivity contribution in [3.63, 3.8) is 0 Å². The molecule has 0 aromatic carbocycles. The summed E-state index contributed by atoms with van der Waals surface area (Å²) in [4.78, 5) is 11.1. The number of carboxylic acids is 1. The standard InChI is InChI=1S/C15H24O2/c1-2-13(6-14(16)17)15-7-10-3-11(8-15)5-12(4-10)9-15/h10-13H,2-9H2,1H3,(H,16,17). The van der Waals surface area contributed by atoms with E-state index in [2.05, 4.69) is 6.92 Å². The maximum absolute atomic E-state index is 11.1. The van der Waals surface area contributed by atoms with Crippen molar-refractivity contribution in [3.05, 3.63) is 0 Å². The van der Waals surface area contributed by atoms with E-state index in [1.165, 1.54) is 38.5 Å². The Morgan fingerprint density at radius 2 is 1.65 bits per heavy atom. The average molecular weight is 236 g/mol. The largest absolute Gasteiger partial charge is 0.481 e. The van der Waals surface area contributed by atoms with E-state index in [0.717, 1.165) is 24.2 Å². The van der Waals surface area contributed by atoms with Crippen LogP contribution in [0.3, 0.4) is 0 Å². The minimum absolute atomic E-state index is 0.405. The van der Waals surface area contributed by atoms with Crippen LogP contribution in [0.1, 0.15) is 58.3 Å².